The Kier molecular flexibility index (Phi) is 3.33. The van der Waals surface area contributed by atoms with E-state index in [1.54, 1.807) is 12.1 Å². The highest BCUT2D eigenvalue weighted by atomic mass is 16.5. The third kappa shape index (κ3) is 3.00. The minimum absolute atomic E-state index is 0.192. The molecule has 17 heavy (non-hydrogen) atoms. The Hall–Kier alpha value is -1.96. The number of aryl methyl sites for hydroxylation is 2. The molecule has 0 saturated heterocycles. The van der Waals surface area contributed by atoms with E-state index >= 15 is 0 Å². The van der Waals surface area contributed by atoms with Crippen LogP contribution in [0.4, 0.5) is 0 Å². The molecule has 0 heterocycles. The van der Waals surface area contributed by atoms with Crippen LogP contribution in [0.3, 0.4) is 0 Å². The lowest BCUT2D eigenvalue weighted by molar-refractivity contribution is 0.289. The van der Waals surface area contributed by atoms with Gasteiger partial charge >= 0.3 is 0 Å². The first-order chi connectivity index (χ1) is 8.15. The van der Waals surface area contributed by atoms with Crippen LogP contribution in [0.25, 0.3) is 0 Å². The summed E-state index contributed by atoms with van der Waals surface area (Å²) in [6, 6.07) is 13.6. The SMILES string of the molecule is Cc1ccc(COc2ccc(C)cc2O)cc1. The molecule has 2 aromatic rings. The smallest absolute Gasteiger partial charge is 0.161 e. The first-order valence-electron chi connectivity index (χ1n) is 5.63. The lowest BCUT2D eigenvalue weighted by Crippen LogP contribution is -1.95. The molecular weight excluding hydrogens is 212 g/mol. The van der Waals surface area contributed by atoms with Crippen molar-refractivity contribution in [3.8, 4) is 11.5 Å². The average molecular weight is 228 g/mol. The van der Waals surface area contributed by atoms with Crippen molar-refractivity contribution in [3.05, 3.63) is 59.2 Å². The fraction of sp³-hybridized carbons (Fsp3) is 0.200. The molecule has 1 N–H and O–H groups in total. The van der Waals surface area contributed by atoms with E-state index in [4.69, 9.17) is 4.74 Å². The standard InChI is InChI=1S/C15H16O2/c1-11-3-6-13(7-4-11)10-17-15-8-5-12(2)9-14(15)16/h3-9,16H,10H2,1-2H3. The summed E-state index contributed by atoms with van der Waals surface area (Å²) < 4.78 is 5.57. The highest BCUT2D eigenvalue weighted by molar-refractivity contribution is 5.41. The van der Waals surface area contributed by atoms with E-state index in [1.807, 2.05) is 37.3 Å². The van der Waals surface area contributed by atoms with Gasteiger partial charge in [-0.05, 0) is 37.1 Å². The largest absolute Gasteiger partial charge is 0.504 e. The van der Waals surface area contributed by atoms with E-state index in [-0.39, 0.29) is 5.75 Å². The van der Waals surface area contributed by atoms with Crippen LogP contribution in [0.1, 0.15) is 16.7 Å². The molecule has 0 radical (unpaired) electrons. The van der Waals surface area contributed by atoms with E-state index in [0.29, 0.717) is 12.4 Å². The normalized spacial score (nSPS) is 10.2. The number of hydrogen-bond acceptors (Lipinski definition) is 2. The lowest BCUT2D eigenvalue weighted by Gasteiger charge is -2.08. The second-order valence-electron chi connectivity index (χ2n) is 4.25. The topological polar surface area (TPSA) is 29.5 Å². The molecule has 2 heteroatoms. The Morgan fingerprint density at radius 2 is 1.59 bits per heavy atom. The van der Waals surface area contributed by atoms with Gasteiger partial charge in [-0.3, -0.25) is 0 Å². The molecule has 0 saturated carbocycles. The fourth-order valence-electron chi connectivity index (χ4n) is 1.59. The molecule has 0 aliphatic carbocycles. The van der Waals surface area contributed by atoms with Gasteiger partial charge in [-0.25, -0.2) is 0 Å². The Morgan fingerprint density at radius 1 is 0.941 bits per heavy atom. The molecule has 2 nitrogen and oxygen atoms in total. The van der Waals surface area contributed by atoms with E-state index < -0.39 is 0 Å². The Morgan fingerprint density at radius 3 is 2.24 bits per heavy atom. The Bertz CT molecular complexity index is 501. The first kappa shape index (κ1) is 11.5. The van der Waals surface area contributed by atoms with Crippen molar-refractivity contribution in [1.29, 1.82) is 0 Å². The van der Waals surface area contributed by atoms with Crippen LogP contribution in [0, 0.1) is 13.8 Å². The van der Waals surface area contributed by atoms with Gasteiger partial charge in [0.15, 0.2) is 11.5 Å². The van der Waals surface area contributed by atoms with Crippen molar-refractivity contribution in [3.63, 3.8) is 0 Å². The molecular formula is C15H16O2. The summed E-state index contributed by atoms with van der Waals surface area (Å²) in [6.45, 7) is 4.46. The Labute approximate surface area is 101 Å². The number of hydrogen-bond donors (Lipinski definition) is 1. The molecule has 0 aliphatic rings. The minimum atomic E-state index is 0.192. The summed E-state index contributed by atoms with van der Waals surface area (Å²) in [6.07, 6.45) is 0. The number of phenolic OH excluding ortho intramolecular Hbond substituents is 1. The quantitative estimate of drug-likeness (QED) is 0.870. The van der Waals surface area contributed by atoms with E-state index in [0.717, 1.165) is 11.1 Å². The highest BCUT2D eigenvalue weighted by Gasteiger charge is 2.02. The van der Waals surface area contributed by atoms with Gasteiger partial charge in [0, 0.05) is 0 Å². The summed E-state index contributed by atoms with van der Waals surface area (Å²) in [5.74, 6) is 0.716. The molecule has 0 spiro atoms. The predicted octanol–water partition coefficient (Wildman–Crippen LogP) is 3.59. The maximum Gasteiger partial charge on any atom is 0.161 e. The van der Waals surface area contributed by atoms with Crippen molar-refractivity contribution in [1.82, 2.24) is 0 Å². The zero-order valence-electron chi connectivity index (χ0n) is 10.1. The summed E-state index contributed by atoms with van der Waals surface area (Å²) in [5.41, 5.74) is 3.34. The van der Waals surface area contributed by atoms with Crippen LogP contribution >= 0.6 is 0 Å². The van der Waals surface area contributed by atoms with Gasteiger partial charge in [0.05, 0.1) is 0 Å². The third-order valence-corrected chi connectivity index (χ3v) is 2.63. The molecule has 0 aromatic heterocycles. The van der Waals surface area contributed by atoms with Crippen LogP contribution in [0.15, 0.2) is 42.5 Å². The second kappa shape index (κ2) is 4.91. The van der Waals surface area contributed by atoms with E-state index in [9.17, 15) is 5.11 Å². The molecule has 0 aliphatic heterocycles. The molecule has 0 atom stereocenters. The molecule has 2 rings (SSSR count). The zero-order chi connectivity index (χ0) is 12.3. The highest BCUT2D eigenvalue weighted by Crippen LogP contribution is 2.27. The van der Waals surface area contributed by atoms with E-state index in [1.165, 1.54) is 5.56 Å². The fourth-order valence-corrected chi connectivity index (χ4v) is 1.59. The van der Waals surface area contributed by atoms with Gasteiger partial charge in [-0.1, -0.05) is 35.9 Å². The zero-order valence-corrected chi connectivity index (χ0v) is 10.1. The molecule has 0 amide bonds. The maximum absolute atomic E-state index is 9.69. The number of aromatic hydroxyl groups is 1. The van der Waals surface area contributed by atoms with Gasteiger partial charge in [0.1, 0.15) is 6.61 Å². The van der Waals surface area contributed by atoms with Crippen LogP contribution in [0.5, 0.6) is 11.5 Å². The minimum Gasteiger partial charge on any atom is -0.504 e. The molecule has 2 aromatic carbocycles. The summed E-state index contributed by atoms with van der Waals surface area (Å²) in [7, 11) is 0. The van der Waals surface area contributed by atoms with E-state index in [2.05, 4.69) is 6.92 Å². The van der Waals surface area contributed by atoms with Crippen molar-refractivity contribution in [2.45, 2.75) is 20.5 Å². The maximum atomic E-state index is 9.69. The summed E-state index contributed by atoms with van der Waals surface area (Å²) >= 11 is 0. The van der Waals surface area contributed by atoms with Crippen LogP contribution in [-0.2, 0) is 6.61 Å². The average Bonchev–Trinajstić information content (AvgIpc) is 2.30. The number of phenols is 1. The van der Waals surface area contributed by atoms with Gasteiger partial charge in [0.2, 0.25) is 0 Å². The predicted molar refractivity (Wildman–Crippen MR) is 68.4 cm³/mol. The molecule has 88 valence electrons. The van der Waals surface area contributed by atoms with Crippen molar-refractivity contribution >= 4 is 0 Å². The number of ether oxygens (including phenoxy) is 1. The van der Waals surface area contributed by atoms with Gasteiger partial charge in [-0.15, -0.1) is 0 Å². The van der Waals surface area contributed by atoms with Gasteiger partial charge < -0.3 is 9.84 Å². The van der Waals surface area contributed by atoms with Crippen molar-refractivity contribution in [2.75, 3.05) is 0 Å². The van der Waals surface area contributed by atoms with Crippen LogP contribution in [0.2, 0.25) is 0 Å². The third-order valence-electron chi connectivity index (χ3n) is 2.63. The second-order valence-corrected chi connectivity index (χ2v) is 4.25. The van der Waals surface area contributed by atoms with Gasteiger partial charge in [0.25, 0.3) is 0 Å². The first-order valence-corrected chi connectivity index (χ1v) is 5.63. The number of rotatable bonds is 3. The number of benzene rings is 2. The van der Waals surface area contributed by atoms with Gasteiger partial charge in [-0.2, -0.15) is 0 Å². The molecule has 0 fully saturated rings. The van der Waals surface area contributed by atoms with Crippen LogP contribution < -0.4 is 4.74 Å². The Balaban J connectivity index is 2.04. The monoisotopic (exact) mass is 228 g/mol. The van der Waals surface area contributed by atoms with Crippen molar-refractivity contribution in [2.24, 2.45) is 0 Å². The molecule has 0 bridgehead atoms. The lowest BCUT2D eigenvalue weighted by atomic mass is 10.2. The molecule has 0 unspecified atom stereocenters. The summed E-state index contributed by atoms with van der Waals surface area (Å²) in [5, 5.41) is 9.69. The summed E-state index contributed by atoms with van der Waals surface area (Å²) in [4.78, 5) is 0. The van der Waals surface area contributed by atoms with Crippen LogP contribution in [-0.4, -0.2) is 5.11 Å². The van der Waals surface area contributed by atoms with Crippen molar-refractivity contribution < 1.29 is 9.84 Å².